The molecule has 9 aromatic rings. The molecule has 10 rings (SSSR count). The molecule has 0 unspecified atom stereocenters. The molecule has 0 N–H and O–H groups in total. The zero-order valence-electron chi connectivity index (χ0n) is 27.9. The number of anilines is 3. The Morgan fingerprint density at radius 1 is 0.392 bits per heavy atom. The van der Waals surface area contributed by atoms with Crippen molar-refractivity contribution in [2.75, 3.05) is 4.90 Å². The molecule has 51 heavy (non-hydrogen) atoms. The molecule has 1 aliphatic carbocycles. The first-order chi connectivity index (χ1) is 25.3. The molecule has 0 saturated carbocycles. The number of nitrogens with zero attached hydrogens (tertiary/aromatic N) is 1. The number of fused-ring (bicyclic) bond motifs is 6. The summed E-state index contributed by atoms with van der Waals surface area (Å²) in [5.41, 5.74) is 14.3. The normalized spacial score (nSPS) is 12.9. The fourth-order valence-corrected chi connectivity index (χ4v) is 8.36. The minimum atomic E-state index is -0.507. The summed E-state index contributed by atoms with van der Waals surface area (Å²) in [6, 6.07) is 72.2. The van der Waals surface area contributed by atoms with E-state index in [0.29, 0.717) is 0 Å². The summed E-state index contributed by atoms with van der Waals surface area (Å²) < 4.78 is 6.70. The van der Waals surface area contributed by atoms with Crippen LogP contribution in [0.3, 0.4) is 0 Å². The molecule has 1 aromatic heterocycles. The van der Waals surface area contributed by atoms with E-state index in [1.165, 1.54) is 38.9 Å². The molecule has 0 radical (unpaired) electrons. The van der Waals surface area contributed by atoms with Gasteiger partial charge in [0.05, 0.1) is 11.1 Å². The summed E-state index contributed by atoms with van der Waals surface area (Å²) in [6.07, 6.45) is 0. The zero-order chi connectivity index (χ0) is 33.8. The molecular formula is C49H33NO. The van der Waals surface area contributed by atoms with Gasteiger partial charge in [-0.3, -0.25) is 0 Å². The summed E-state index contributed by atoms with van der Waals surface area (Å²) in [5.74, 6) is 0. The van der Waals surface area contributed by atoms with Crippen LogP contribution in [-0.4, -0.2) is 0 Å². The van der Waals surface area contributed by atoms with Gasteiger partial charge in [-0.2, -0.15) is 0 Å². The third-order valence-corrected chi connectivity index (χ3v) is 10.5. The smallest absolute Gasteiger partial charge is 0.159 e. The molecule has 240 valence electrons. The average Bonchev–Trinajstić information content (AvgIpc) is 3.74. The Hall–Kier alpha value is -6.64. The summed E-state index contributed by atoms with van der Waals surface area (Å²) in [6.45, 7) is 0. The van der Waals surface area contributed by atoms with Crippen molar-refractivity contribution in [3.63, 3.8) is 0 Å². The van der Waals surface area contributed by atoms with Crippen LogP contribution < -0.4 is 4.90 Å². The third-order valence-electron chi connectivity index (χ3n) is 10.5. The van der Waals surface area contributed by atoms with E-state index in [1.807, 2.05) is 6.07 Å². The molecule has 0 saturated heterocycles. The molecule has 8 aromatic carbocycles. The van der Waals surface area contributed by atoms with Gasteiger partial charge in [0.15, 0.2) is 5.58 Å². The molecule has 2 nitrogen and oxygen atoms in total. The molecule has 0 atom stereocenters. The van der Waals surface area contributed by atoms with Gasteiger partial charge in [0.25, 0.3) is 0 Å². The van der Waals surface area contributed by atoms with Gasteiger partial charge in [-0.1, -0.05) is 164 Å². The number of rotatable bonds is 6. The quantitative estimate of drug-likeness (QED) is 0.178. The molecule has 1 aliphatic rings. The molecule has 1 heterocycles. The minimum absolute atomic E-state index is 0.507. The second kappa shape index (κ2) is 11.8. The van der Waals surface area contributed by atoms with Crippen molar-refractivity contribution in [2.45, 2.75) is 5.41 Å². The summed E-state index contributed by atoms with van der Waals surface area (Å²) in [4.78, 5) is 2.38. The fourth-order valence-electron chi connectivity index (χ4n) is 8.36. The van der Waals surface area contributed by atoms with Crippen molar-refractivity contribution in [2.24, 2.45) is 0 Å². The fraction of sp³-hybridized carbons (Fsp3) is 0.0204. The monoisotopic (exact) mass is 651 g/mol. The number of para-hydroxylation sites is 2. The average molecular weight is 652 g/mol. The predicted molar refractivity (Wildman–Crippen MR) is 211 cm³/mol. The highest BCUT2D eigenvalue weighted by molar-refractivity contribution is 6.10. The Morgan fingerprint density at radius 3 is 1.76 bits per heavy atom. The van der Waals surface area contributed by atoms with Crippen LogP contribution >= 0.6 is 0 Å². The van der Waals surface area contributed by atoms with Gasteiger partial charge in [0, 0.05) is 22.1 Å². The van der Waals surface area contributed by atoms with E-state index in [-0.39, 0.29) is 0 Å². The van der Waals surface area contributed by atoms with Crippen LogP contribution in [0.5, 0.6) is 0 Å². The van der Waals surface area contributed by atoms with Crippen molar-refractivity contribution < 1.29 is 4.42 Å². The standard InChI is InChI=1S/C49H33NO/c1-4-16-34(17-5-1)35-18-14-23-38(32-35)50(46-28-15-26-43-42-25-11-13-29-47(42)51-48(43)46)39-30-31-41-40-24-10-12-27-44(40)49(45(41)33-39,36-19-6-2-7-20-36)37-21-8-3-9-22-37/h1-33H. The van der Waals surface area contributed by atoms with E-state index in [2.05, 4.69) is 199 Å². The van der Waals surface area contributed by atoms with Crippen LogP contribution in [0.1, 0.15) is 22.3 Å². The lowest BCUT2D eigenvalue weighted by Gasteiger charge is -2.35. The van der Waals surface area contributed by atoms with Crippen LogP contribution in [0.2, 0.25) is 0 Å². The van der Waals surface area contributed by atoms with E-state index >= 15 is 0 Å². The second-order valence-electron chi connectivity index (χ2n) is 13.3. The topological polar surface area (TPSA) is 16.4 Å². The Kier molecular flexibility index (Phi) is 6.75. The molecule has 0 bridgehead atoms. The minimum Gasteiger partial charge on any atom is -0.454 e. The third kappa shape index (κ3) is 4.50. The maximum Gasteiger partial charge on any atom is 0.159 e. The molecule has 2 heteroatoms. The highest BCUT2D eigenvalue weighted by Gasteiger charge is 2.46. The maximum atomic E-state index is 6.70. The summed E-state index contributed by atoms with van der Waals surface area (Å²) in [7, 11) is 0. The predicted octanol–water partition coefficient (Wildman–Crippen LogP) is 13.1. The van der Waals surface area contributed by atoms with Gasteiger partial charge in [0.1, 0.15) is 5.58 Å². The van der Waals surface area contributed by atoms with Crippen LogP contribution in [-0.2, 0) is 5.41 Å². The molecule has 0 amide bonds. The SMILES string of the molecule is c1ccc(-c2cccc(N(c3ccc4c(c3)C(c3ccccc3)(c3ccccc3)c3ccccc3-4)c3cccc4c3oc3ccccc34)c2)cc1. The summed E-state index contributed by atoms with van der Waals surface area (Å²) in [5, 5.41) is 2.22. The van der Waals surface area contributed by atoms with Gasteiger partial charge in [-0.05, 0) is 80.9 Å². The van der Waals surface area contributed by atoms with Crippen molar-refractivity contribution >= 4 is 39.0 Å². The second-order valence-corrected chi connectivity index (χ2v) is 13.3. The lowest BCUT2D eigenvalue weighted by atomic mass is 9.67. The van der Waals surface area contributed by atoms with Crippen molar-refractivity contribution in [1.82, 2.24) is 0 Å². The molecule has 0 fully saturated rings. The molecule has 0 spiro atoms. The lowest BCUT2D eigenvalue weighted by molar-refractivity contribution is 0.669. The zero-order valence-corrected chi connectivity index (χ0v) is 27.9. The Balaban J connectivity index is 1.28. The number of benzene rings is 8. The first-order valence-electron chi connectivity index (χ1n) is 17.5. The van der Waals surface area contributed by atoms with Crippen molar-refractivity contribution in [3.05, 3.63) is 222 Å². The highest BCUT2D eigenvalue weighted by Crippen LogP contribution is 2.57. The van der Waals surface area contributed by atoms with Gasteiger partial charge in [-0.15, -0.1) is 0 Å². The maximum absolute atomic E-state index is 6.70. The number of furan rings is 1. The van der Waals surface area contributed by atoms with E-state index in [4.69, 9.17) is 4.42 Å². The van der Waals surface area contributed by atoms with E-state index < -0.39 is 5.41 Å². The Labute approximate surface area is 297 Å². The molecular weight excluding hydrogens is 619 g/mol. The first kappa shape index (κ1) is 29.3. The van der Waals surface area contributed by atoms with E-state index in [0.717, 1.165) is 44.6 Å². The lowest BCUT2D eigenvalue weighted by Crippen LogP contribution is -2.28. The number of hydrogen-bond donors (Lipinski definition) is 0. The van der Waals surface area contributed by atoms with E-state index in [9.17, 15) is 0 Å². The van der Waals surface area contributed by atoms with Crippen LogP contribution in [0.25, 0.3) is 44.2 Å². The Bertz CT molecular complexity index is 2650. The first-order valence-corrected chi connectivity index (χ1v) is 17.5. The van der Waals surface area contributed by atoms with Crippen molar-refractivity contribution in [1.29, 1.82) is 0 Å². The van der Waals surface area contributed by atoms with Gasteiger partial charge < -0.3 is 9.32 Å². The number of hydrogen-bond acceptors (Lipinski definition) is 2. The van der Waals surface area contributed by atoms with E-state index in [1.54, 1.807) is 0 Å². The van der Waals surface area contributed by atoms with Crippen LogP contribution in [0.4, 0.5) is 17.1 Å². The van der Waals surface area contributed by atoms with Gasteiger partial charge >= 0.3 is 0 Å². The van der Waals surface area contributed by atoms with Gasteiger partial charge in [-0.25, -0.2) is 0 Å². The van der Waals surface area contributed by atoms with Crippen LogP contribution in [0.15, 0.2) is 205 Å². The Morgan fingerprint density at radius 2 is 0.980 bits per heavy atom. The highest BCUT2D eigenvalue weighted by atomic mass is 16.3. The molecule has 0 aliphatic heterocycles. The van der Waals surface area contributed by atoms with Crippen molar-refractivity contribution in [3.8, 4) is 22.3 Å². The summed E-state index contributed by atoms with van der Waals surface area (Å²) >= 11 is 0. The largest absolute Gasteiger partial charge is 0.454 e. The van der Waals surface area contributed by atoms with Crippen LogP contribution in [0, 0.1) is 0 Å². The van der Waals surface area contributed by atoms with Gasteiger partial charge in [0.2, 0.25) is 0 Å².